The molecule has 0 aromatic carbocycles. The van der Waals surface area contributed by atoms with E-state index in [0.29, 0.717) is 37.7 Å². The van der Waals surface area contributed by atoms with Crippen LogP contribution >= 0.6 is 0 Å². The van der Waals surface area contributed by atoms with E-state index >= 15 is 0 Å². The first kappa shape index (κ1) is 17.0. The van der Waals surface area contributed by atoms with E-state index in [-0.39, 0.29) is 17.6 Å². The normalized spacial score (nSPS) is 17.8. The lowest BCUT2D eigenvalue weighted by molar-refractivity contribution is -0.120. The van der Waals surface area contributed by atoms with Crippen molar-refractivity contribution >= 4 is 21.7 Å². The molecule has 0 aliphatic carbocycles. The summed E-state index contributed by atoms with van der Waals surface area (Å²) in [7, 11) is -3.15. The molecule has 22 heavy (non-hydrogen) atoms. The standard InChI is InChI=1S/C14H24N4O3S/c1-4-22(20,21)18-7-5-11(6-8-18)14(19)15-13-9-12(10(2)3)16-17-13/h9-11H,4-8H2,1-3H3,(H2,15,16,17,19). The van der Waals surface area contributed by atoms with Crippen molar-refractivity contribution in [3.63, 3.8) is 0 Å². The Balaban J connectivity index is 1.89. The second-order valence-corrected chi connectivity index (χ2v) is 8.18. The highest BCUT2D eigenvalue weighted by molar-refractivity contribution is 7.89. The molecule has 2 rings (SSSR count). The van der Waals surface area contributed by atoms with Crippen LogP contribution in [0.3, 0.4) is 0 Å². The molecule has 2 heterocycles. The molecule has 1 fully saturated rings. The minimum absolute atomic E-state index is 0.0876. The Morgan fingerprint density at radius 3 is 2.59 bits per heavy atom. The van der Waals surface area contributed by atoms with Gasteiger partial charge >= 0.3 is 0 Å². The van der Waals surface area contributed by atoms with Gasteiger partial charge in [-0.2, -0.15) is 5.10 Å². The van der Waals surface area contributed by atoms with Crippen LogP contribution in [0.15, 0.2) is 6.07 Å². The van der Waals surface area contributed by atoms with E-state index in [2.05, 4.69) is 15.5 Å². The fourth-order valence-corrected chi connectivity index (χ4v) is 3.64. The molecule has 1 amide bonds. The Bertz CT molecular complexity index is 616. The number of rotatable bonds is 5. The minimum Gasteiger partial charge on any atom is -0.309 e. The van der Waals surface area contributed by atoms with Gasteiger partial charge in [-0.3, -0.25) is 9.89 Å². The lowest BCUT2D eigenvalue weighted by Gasteiger charge is -2.30. The highest BCUT2D eigenvalue weighted by Gasteiger charge is 2.30. The third-order valence-corrected chi connectivity index (χ3v) is 5.94. The van der Waals surface area contributed by atoms with Gasteiger partial charge in [-0.15, -0.1) is 0 Å². The molecule has 1 aliphatic rings. The zero-order valence-electron chi connectivity index (χ0n) is 13.3. The first-order chi connectivity index (χ1) is 10.3. The molecule has 0 radical (unpaired) electrons. The van der Waals surface area contributed by atoms with E-state index < -0.39 is 10.0 Å². The van der Waals surface area contributed by atoms with Crippen molar-refractivity contribution in [1.82, 2.24) is 14.5 Å². The SMILES string of the molecule is CCS(=O)(=O)N1CCC(C(=O)Nc2cc(C(C)C)[nH]n2)CC1. The van der Waals surface area contributed by atoms with E-state index in [0.717, 1.165) is 5.69 Å². The second-order valence-electron chi connectivity index (χ2n) is 5.93. The summed E-state index contributed by atoms with van der Waals surface area (Å²) in [4.78, 5) is 12.2. The summed E-state index contributed by atoms with van der Waals surface area (Å²) in [6.07, 6.45) is 1.10. The van der Waals surface area contributed by atoms with E-state index in [1.807, 2.05) is 19.9 Å². The Morgan fingerprint density at radius 1 is 1.45 bits per heavy atom. The lowest BCUT2D eigenvalue weighted by atomic mass is 9.97. The number of amides is 1. The minimum atomic E-state index is -3.15. The maximum Gasteiger partial charge on any atom is 0.228 e. The Hall–Kier alpha value is -1.41. The van der Waals surface area contributed by atoms with Crippen LogP contribution in [0.1, 0.15) is 45.2 Å². The number of anilines is 1. The van der Waals surface area contributed by atoms with Crippen LogP contribution in [0.25, 0.3) is 0 Å². The number of aromatic amines is 1. The molecule has 2 N–H and O–H groups in total. The molecular weight excluding hydrogens is 304 g/mol. The third-order valence-electron chi connectivity index (χ3n) is 4.05. The van der Waals surface area contributed by atoms with Crippen molar-refractivity contribution in [3.05, 3.63) is 11.8 Å². The average molecular weight is 328 g/mol. The molecule has 1 aromatic heterocycles. The summed E-state index contributed by atoms with van der Waals surface area (Å²) in [5.74, 6) is 0.700. The molecule has 0 spiro atoms. The van der Waals surface area contributed by atoms with Crippen LogP contribution in [0.4, 0.5) is 5.82 Å². The molecule has 124 valence electrons. The van der Waals surface area contributed by atoms with Gasteiger partial charge in [0.25, 0.3) is 0 Å². The van der Waals surface area contributed by atoms with Gasteiger partial charge < -0.3 is 5.32 Å². The van der Waals surface area contributed by atoms with Crippen molar-refractivity contribution in [3.8, 4) is 0 Å². The summed E-state index contributed by atoms with van der Waals surface area (Å²) >= 11 is 0. The summed E-state index contributed by atoms with van der Waals surface area (Å²) < 4.78 is 25.1. The first-order valence-electron chi connectivity index (χ1n) is 7.67. The third kappa shape index (κ3) is 3.86. The predicted octanol–water partition coefficient (Wildman–Crippen LogP) is 1.53. The van der Waals surface area contributed by atoms with Crippen molar-refractivity contribution in [2.24, 2.45) is 5.92 Å². The summed E-state index contributed by atoms with van der Waals surface area (Å²) in [5.41, 5.74) is 0.971. The molecule has 1 aromatic rings. The lowest BCUT2D eigenvalue weighted by Crippen LogP contribution is -2.42. The monoisotopic (exact) mass is 328 g/mol. The predicted molar refractivity (Wildman–Crippen MR) is 85.1 cm³/mol. The molecule has 0 unspecified atom stereocenters. The Kier molecular flexibility index (Phi) is 5.23. The van der Waals surface area contributed by atoms with Gasteiger partial charge in [0.2, 0.25) is 15.9 Å². The van der Waals surface area contributed by atoms with Crippen LogP contribution in [0.2, 0.25) is 0 Å². The number of piperidine rings is 1. The number of aromatic nitrogens is 2. The molecule has 0 bridgehead atoms. The number of carbonyl (C=O) groups excluding carboxylic acids is 1. The van der Waals surface area contributed by atoms with Gasteiger partial charge in [0.1, 0.15) is 0 Å². The first-order valence-corrected chi connectivity index (χ1v) is 9.28. The van der Waals surface area contributed by atoms with Gasteiger partial charge in [0, 0.05) is 30.8 Å². The molecular formula is C14H24N4O3S. The quantitative estimate of drug-likeness (QED) is 0.857. The van der Waals surface area contributed by atoms with Crippen LogP contribution < -0.4 is 5.32 Å². The maximum absolute atomic E-state index is 12.2. The molecule has 0 saturated carbocycles. The van der Waals surface area contributed by atoms with Crippen LogP contribution in [-0.2, 0) is 14.8 Å². The van der Waals surface area contributed by atoms with Crippen LogP contribution in [0, 0.1) is 5.92 Å². The van der Waals surface area contributed by atoms with E-state index in [1.54, 1.807) is 6.92 Å². The smallest absolute Gasteiger partial charge is 0.228 e. The highest BCUT2D eigenvalue weighted by atomic mass is 32.2. The molecule has 8 heteroatoms. The second kappa shape index (κ2) is 6.78. The van der Waals surface area contributed by atoms with Crippen molar-refractivity contribution in [1.29, 1.82) is 0 Å². The molecule has 1 saturated heterocycles. The Morgan fingerprint density at radius 2 is 2.09 bits per heavy atom. The van der Waals surface area contributed by atoms with E-state index in [4.69, 9.17) is 0 Å². The zero-order valence-corrected chi connectivity index (χ0v) is 14.1. The van der Waals surface area contributed by atoms with Crippen molar-refractivity contribution in [2.75, 3.05) is 24.2 Å². The molecule has 1 aliphatic heterocycles. The van der Waals surface area contributed by atoms with Gasteiger partial charge in [-0.1, -0.05) is 13.8 Å². The number of sulfonamides is 1. The van der Waals surface area contributed by atoms with Crippen LogP contribution in [0.5, 0.6) is 0 Å². The van der Waals surface area contributed by atoms with Crippen LogP contribution in [-0.4, -0.2) is 47.7 Å². The van der Waals surface area contributed by atoms with E-state index in [9.17, 15) is 13.2 Å². The number of carbonyl (C=O) groups is 1. The van der Waals surface area contributed by atoms with Gasteiger partial charge in [0.05, 0.1) is 5.75 Å². The molecule has 7 nitrogen and oxygen atoms in total. The topological polar surface area (TPSA) is 95.2 Å². The number of hydrogen-bond acceptors (Lipinski definition) is 4. The van der Waals surface area contributed by atoms with E-state index in [1.165, 1.54) is 4.31 Å². The number of H-pyrrole nitrogens is 1. The Labute approximate surface area is 131 Å². The number of nitrogens with one attached hydrogen (secondary N) is 2. The van der Waals surface area contributed by atoms with Gasteiger partial charge in [-0.05, 0) is 25.7 Å². The maximum atomic E-state index is 12.2. The average Bonchev–Trinajstić information content (AvgIpc) is 2.96. The fourth-order valence-electron chi connectivity index (χ4n) is 2.50. The molecule has 0 atom stereocenters. The zero-order chi connectivity index (χ0) is 16.3. The summed E-state index contributed by atoms with van der Waals surface area (Å²) in [5, 5.41) is 9.78. The van der Waals surface area contributed by atoms with Gasteiger partial charge in [0.15, 0.2) is 5.82 Å². The van der Waals surface area contributed by atoms with Crippen molar-refractivity contribution in [2.45, 2.75) is 39.5 Å². The van der Waals surface area contributed by atoms with Gasteiger partial charge in [-0.25, -0.2) is 12.7 Å². The van der Waals surface area contributed by atoms with Crippen molar-refractivity contribution < 1.29 is 13.2 Å². The largest absolute Gasteiger partial charge is 0.309 e. The number of nitrogens with zero attached hydrogens (tertiary/aromatic N) is 2. The fraction of sp³-hybridized carbons (Fsp3) is 0.714. The highest BCUT2D eigenvalue weighted by Crippen LogP contribution is 2.22. The summed E-state index contributed by atoms with van der Waals surface area (Å²) in [6, 6.07) is 1.83. The summed E-state index contributed by atoms with van der Waals surface area (Å²) in [6.45, 7) is 6.54. The number of hydrogen-bond donors (Lipinski definition) is 2.